The molecule has 1 N–H and O–H groups in total. The van der Waals surface area contributed by atoms with Gasteiger partial charge in [0.25, 0.3) is 0 Å². The molecule has 0 aliphatic rings. The van der Waals surface area contributed by atoms with Gasteiger partial charge in [-0.25, -0.2) is 4.98 Å². The van der Waals surface area contributed by atoms with E-state index in [1.165, 1.54) is 11.3 Å². The number of hydrogen-bond acceptors (Lipinski definition) is 7. The number of amides is 1. The topological polar surface area (TPSA) is 72.9 Å². The number of benzene rings is 2. The predicted octanol–water partition coefficient (Wildman–Crippen LogP) is 4.34. The number of aryl methyl sites for hydroxylation is 1. The summed E-state index contributed by atoms with van der Waals surface area (Å²) in [7, 11) is 7.22. The maximum absolute atomic E-state index is 12.5. The van der Waals surface area contributed by atoms with Crippen LogP contribution < -0.4 is 19.5 Å². The van der Waals surface area contributed by atoms with Gasteiger partial charge in [-0.15, -0.1) is 11.3 Å². The van der Waals surface area contributed by atoms with Gasteiger partial charge in [-0.05, 0) is 50.3 Å². The molecule has 0 aliphatic carbocycles. The molecular weight excluding hydrogens is 426 g/mol. The first-order valence-corrected chi connectivity index (χ1v) is 11.2. The van der Waals surface area contributed by atoms with Gasteiger partial charge in [0.15, 0.2) is 16.6 Å². The minimum atomic E-state index is -0.0868. The van der Waals surface area contributed by atoms with Crippen molar-refractivity contribution in [3.63, 3.8) is 0 Å². The van der Waals surface area contributed by atoms with Crippen molar-refractivity contribution in [1.82, 2.24) is 9.88 Å². The summed E-state index contributed by atoms with van der Waals surface area (Å²) in [5, 5.41) is 5.39. The Hall–Kier alpha value is -3.10. The molecule has 0 unspecified atom stereocenters. The van der Waals surface area contributed by atoms with E-state index in [4.69, 9.17) is 14.2 Å². The molecule has 0 fully saturated rings. The number of aromatic nitrogens is 1. The molecule has 3 aromatic rings. The summed E-state index contributed by atoms with van der Waals surface area (Å²) in [4.78, 5) is 19.1. The molecule has 170 valence electrons. The van der Waals surface area contributed by atoms with Gasteiger partial charge in [-0.3, -0.25) is 4.79 Å². The highest BCUT2D eigenvalue weighted by molar-refractivity contribution is 7.14. The Kier molecular flexibility index (Phi) is 8.47. The van der Waals surface area contributed by atoms with E-state index in [1.807, 2.05) is 61.9 Å². The predicted molar refractivity (Wildman–Crippen MR) is 128 cm³/mol. The number of nitrogens with one attached hydrogen (secondary N) is 1. The van der Waals surface area contributed by atoms with E-state index in [1.54, 1.807) is 14.2 Å². The second-order valence-electron chi connectivity index (χ2n) is 7.42. The standard InChI is InChI=1S/C24H29N3O4S/c1-27(2)13-14-31-20-8-6-5-7-18(20)19-16-32-24(25-19)26-23(28)12-10-17-9-11-21(29-3)22(15-17)30-4/h5-9,11,15-16H,10,12-14H2,1-4H3,(H,25,26,28). The molecule has 8 heteroatoms. The first-order chi connectivity index (χ1) is 15.5. The normalized spacial score (nSPS) is 10.8. The number of nitrogens with zero attached hydrogens (tertiary/aromatic N) is 2. The van der Waals surface area contributed by atoms with Crippen LogP contribution in [0.4, 0.5) is 5.13 Å². The summed E-state index contributed by atoms with van der Waals surface area (Å²) in [6.45, 7) is 1.42. The van der Waals surface area contributed by atoms with Crippen LogP contribution in [0.5, 0.6) is 17.2 Å². The minimum Gasteiger partial charge on any atom is -0.493 e. The van der Waals surface area contributed by atoms with Crippen molar-refractivity contribution < 1.29 is 19.0 Å². The van der Waals surface area contributed by atoms with E-state index >= 15 is 0 Å². The first-order valence-electron chi connectivity index (χ1n) is 10.3. The SMILES string of the molecule is COc1ccc(CCC(=O)Nc2nc(-c3ccccc3OCCN(C)C)cs2)cc1OC. The molecule has 1 aromatic heterocycles. The fourth-order valence-corrected chi connectivity index (χ4v) is 3.80. The number of rotatable bonds is 11. The maximum atomic E-state index is 12.5. The van der Waals surface area contributed by atoms with E-state index in [-0.39, 0.29) is 5.91 Å². The fourth-order valence-electron chi connectivity index (χ4n) is 3.07. The molecule has 7 nitrogen and oxygen atoms in total. The lowest BCUT2D eigenvalue weighted by Crippen LogP contribution is -2.19. The number of hydrogen-bond donors (Lipinski definition) is 1. The molecule has 1 amide bonds. The lowest BCUT2D eigenvalue weighted by atomic mass is 10.1. The van der Waals surface area contributed by atoms with Crippen LogP contribution in [-0.4, -0.2) is 57.3 Å². The van der Waals surface area contributed by atoms with Crippen LogP contribution in [0.3, 0.4) is 0 Å². The van der Waals surface area contributed by atoms with E-state index in [2.05, 4.69) is 15.2 Å². The van der Waals surface area contributed by atoms with Crippen molar-refractivity contribution in [2.24, 2.45) is 0 Å². The van der Waals surface area contributed by atoms with Gasteiger partial charge in [0.1, 0.15) is 12.4 Å². The second-order valence-corrected chi connectivity index (χ2v) is 8.28. The van der Waals surface area contributed by atoms with Crippen LogP contribution in [0.25, 0.3) is 11.3 Å². The summed E-state index contributed by atoms with van der Waals surface area (Å²) in [5.41, 5.74) is 2.69. The van der Waals surface area contributed by atoms with Crippen molar-refractivity contribution in [2.45, 2.75) is 12.8 Å². The van der Waals surface area contributed by atoms with E-state index in [0.29, 0.717) is 36.1 Å². The van der Waals surface area contributed by atoms with Gasteiger partial charge in [0.05, 0.1) is 19.9 Å². The van der Waals surface area contributed by atoms with Crippen LogP contribution in [0, 0.1) is 0 Å². The van der Waals surface area contributed by atoms with Crippen LogP contribution >= 0.6 is 11.3 Å². The summed E-state index contributed by atoms with van der Waals surface area (Å²) in [5.74, 6) is 2.02. The van der Waals surface area contributed by atoms with Crippen molar-refractivity contribution in [2.75, 3.05) is 46.8 Å². The van der Waals surface area contributed by atoms with E-state index in [0.717, 1.165) is 29.1 Å². The Balaban J connectivity index is 1.59. The number of carbonyl (C=O) groups is 1. The number of anilines is 1. The Morgan fingerprint density at radius 2 is 1.84 bits per heavy atom. The minimum absolute atomic E-state index is 0.0868. The molecule has 2 aromatic carbocycles. The van der Waals surface area contributed by atoms with Crippen LogP contribution in [0.2, 0.25) is 0 Å². The number of carbonyl (C=O) groups excluding carboxylic acids is 1. The molecule has 0 spiro atoms. The fraction of sp³-hybridized carbons (Fsp3) is 0.333. The van der Waals surface area contributed by atoms with Crippen molar-refractivity contribution in [3.05, 3.63) is 53.4 Å². The van der Waals surface area contributed by atoms with Crippen LogP contribution in [-0.2, 0) is 11.2 Å². The number of thiazole rings is 1. The molecule has 0 saturated heterocycles. The van der Waals surface area contributed by atoms with Gasteiger partial charge >= 0.3 is 0 Å². The average Bonchev–Trinajstić information content (AvgIpc) is 3.25. The van der Waals surface area contributed by atoms with Gasteiger partial charge in [-0.1, -0.05) is 18.2 Å². The molecule has 0 aliphatic heterocycles. The Bertz CT molecular complexity index is 1040. The molecule has 0 bridgehead atoms. The van der Waals surface area contributed by atoms with Gasteiger partial charge < -0.3 is 24.4 Å². The third-order valence-corrected chi connectivity index (χ3v) is 5.56. The largest absolute Gasteiger partial charge is 0.493 e. The van der Waals surface area contributed by atoms with Gasteiger partial charge in [0.2, 0.25) is 5.91 Å². The highest BCUT2D eigenvalue weighted by Crippen LogP contribution is 2.32. The van der Waals surface area contributed by atoms with Crippen LogP contribution in [0.1, 0.15) is 12.0 Å². The highest BCUT2D eigenvalue weighted by Gasteiger charge is 2.13. The molecule has 0 atom stereocenters. The Morgan fingerprint density at radius 1 is 1.06 bits per heavy atom. The first kappa shape index (κ1) is 23.6. The van der Waals surface area contributed by atoms with Crippen molar-refractivity contribution in [1.29, 1.82) is 0 Å². The zero-order valence-corrected chi connectivity index (χ0v) is 19.7. The smallest absolute Gasteiger partial charge is 0.226 e. The Morgan fingerprint density at radius 3 is 2.59 bits per heavy atom. The molecule has 32 heavy (non-hydrogen) atoms. The quantitative estimate of drug-likeness (QED) is 0.464. The highest BCUT2D eigenvalue weighted by atomic mass is 32.1. The zero-order chi connectivity index (χ0) is 22.9. The van der Waals surface area contributed by atoms with Gasteiger partial charge in [-0.2, -0.15) is 0 Å². The summed E-state index contributed by atoms with van der Waals surface area (Å²) in [6, 6.07) is 13.5. The number of para-hydroxylation sites is 1. The number of methoxy groups -OCH3 is 2. The third kappa shape index (κ3) is 6.45. The van der Waals surface area contributed by atoms with Crippen molar-refractivity contribution >= 4 is 22.4 Å². The van der Waals surface area contributed by atoms with Crippen LogP contribution in [0.15, 0.2) is 47.8 Å². The Labute approximate surface area is 193 Å². The monoisotopic (exact) mass is 455 g/mol. The number of likely N-dealkylation sites (N-methyl/N-ethyl adjacent to an activating group) is 1. The molecule has 3 rings (SSSR count). The summed E-state index contributed by atoms with van der Waals surface area (Å²) in [6.07, 6.45) is 0.932. The maximum Gasteiger partial charge on any atom is 0.226 e. The lowest BCUT2D eigenvalue weighted by molar-refractivity contribution is -0.116. The summed E-state index contributed by atoms with van der Waals surface area (Å²) < 4.78 is 16.5. The van der Waals surface area contributed by atoms with Gasteiger partial charge in [0, 0.05) is 23.9 Å². The summed E-state index contributed by atoms with van der Waals surface area (Å²) >= 11 is 1.40. The molecule has 0 saturated carbocycles. The lowest BCUT2D eigenvalue weighted by Gasteiger charge is -2.13. The average molecular weight is 456 g/mol. The van der Waals surface area contributed by atoms with E-state index in [9.17, 15) is 4.79 Å². The second kappa shape index (κ2) is 11.5. The van der Waals surface area contributed by atoms with E-state index < -0.39 is 0 Å². The molecular formula is C24H29N3O4S. The number of ether oxygens (including phenoxy) is 3. The molecule has 1 heterocycles. The zero-order valence-electron chi connectivity index (χ0n) is 18.9. The molecule has 0 radical (unpaired) electrons. The van der Waals surface area contributed by atoms with Crippen molar-refractivity contribution in [3.8, 4) is 28.5 Å². The third-order valence-electron chi connectivity index (χ3n) is 4.80.